The predicted molar refractivity (Wildman–Crippen MR) is 84.2 cm³/mol. The lowest BCUT2D eigenvalue weighted by atomic mass is 10.1. The van der Waals surface area contributed by atoms with E-state index in [0.717, 1.165) is 5.56 Å². The van der Waals surface area contributed by atoms with Crippen LogP contribution in [0, 0.1) is 0 Å². The smallest absolute Gasteiger partial charge is 0.275 e. The van der Waals surface area contributed by atoms with E-state index in [0.29, 0.717) is 15.8 Å². The number of carbonyl (C=O) groups excluding carboxylic acids is 1. The summed E-state index contributed by atoms with van der Waals surface area (Å²) in [6.07, 6.45) is 0. The van der Waals surface area contributed by atoms with Gasteiger partial charge < -0.3 is 5.11 Å². The molecule has 6 heteroatoms. The molecule has 0 radical (unpaired) electrons. The average molecular weight is 323 g/mol. The number of hydrazone groups is 1. The van der Waals surface area contributed by atoms with Crippen molar-refractivity contribution in [2.45, 2.75) is 6.92 Å². The van der Waals surface area contributed by atoms with E-state index >= 15 is 0 Å². The highest BCUT2D eigenvalue weighted by Crippen LogP contribution is 2.22. The molecule has 0 spiro atoms. The fourth-order valence-corrected chi connectivity index (χ4v) is 1.94. The quantitative estimate of drug-likeness (QED) is 0.666. The number of benzene rings is 2. The number of rotatable bonds is 3. The topological polar surface area (TPSA) is 61.7 Å². The number of aromatic hydroxyl groups is 1. The van der Waals surface area contributed by atoms with E-state index in [2.05, 4.69) is 10.5 Å². The van der Waals surface area contributed by atoms with E-state index in [-0.39, 0.29) is 11.3 Å². The fourth-order valence-electron chi connectivity index (χ4n) is 1.65. The van der Waals surface area contributed by atoms with Gasteiger partial charge in [0.25, 0.3) is 5.91 Å². The van der Waals surface area contributed by atoms with Crippen LogP contribution in [0.2, 0.25) is 10.0 Å². The molecule has 0 heterocycles. The van der Waals surface area contributed by atoms with Gasteiger partial charge in [-0.3, -0.25) is 4.79 Å². The van der Waals surface area contributed by atoms with Crippen LogP contribution < -0.4 is 5.43 Å². The van der Waals surface area contributed by atoms with Gasteiger partial charge in [-0.05, 0) is 36.8 Å². The van der Waals surface area contributed by atoms with Crippen molar-refractivity contribution in [2.75, 3.05) is 0 Å². The van der Waals surface area contributed by atoms with Crippen LogP contribution in [0.1, 0.15) is 22.8 Å². The van der Waals surface area contributed by atoms with Crippen molar-refractivity contribution in [1.29, 1.82) is 0 Å². The highest BCUT2D eigenvalue weighted by molar-refractivity contribution is 6.42. The van der Waals surface area contributed by atoms with Gasteiger partial charge in [0.1, 0.15) is 5.75 Å². The predicted octanol–water partition coefficient (Wildman–Crippen LogP) is 3.85. The summed E-state index contributed by atoms with van der Waals surface area (Å²) in [5, 5.41) is 14.4. The number of hydrogen-bond donors (Lipinski definition) is 2. The van der Waals surface area contributed by atoms with Crippen molar-refractivity contribution in [3.05, 3.63) is 63.6 Å². The van der Waals surface area contributed by atoms with Crippen LogP contribution in [0.15, 0.2) is 47.6 Å². The van der Waals surface area contributed by atoms with Crippen molar-refractivity contribution in [2.24, 2.45) is 5.10 Å². The molecule has 0 aromatic heterocycles. The molecule has 2 aromatic rings. The maximum atomic E-state index is 11.9. The van der Waals surface area contributed by atoms with Crippen LogP contribution in [0.25, 0.3) is 0 Å². The minimum absolute atomic E-state index is 0.0996. The standard InChI is InChI=1S/C15H12Cl2N2O2/c1-9(10-6-7-12(16)13(17)8-10)18-19-15(21)11-4-2-3-5-14(11)20/h2-8,20H,1H3,(H,19,21)/b18-9+. The van der Waals surface area contributed by atoms with Gasteiger partial charge in [0.15, 0.2) is 0 Å². The van der Waals surface area contributed by atoms with E-state index in [1.54, 1.807) is 37.3 Å². The molecule has 0 bridgehead atoms. The molecule has 2 rings (SSSR count). The van der Waals surface area contributed by atoms with E-state index in [1.807, 2.05) is 0 Å². The molecule has 108 valence electrons. The zero-order chi connectivity index (χ0) is 15.4. The molecule has 0 aliphatic carbocycles. The number of nitrogens with one attached hydrogen (secondary N) is 1. The lowest BCUT2D eigenvalue weighted by Crippen LogP contribution is -2.19. The van der Waals surface area contributed by atoms with Crippen LogP contribution in [-0.2, 0) is 0 Å². The molecule has 2 N–H and O–H groups in total. The van der Waals surface area contributed by atoms with Gasteiger partial charge in [-0.25, -0.2) is 5.43 Å². The zero-order valence-electron chi connectivity index (χ0n) is 11.1. The number of hydrogen-bond acceptors (Lipinski definition) is 3. The second-order valence-electron chi connectivity index (χ2n) is 4.28. The molecule has 0 fully saturated rings. The fraction of sp³-hybridized carbons (Fsp3) is 0.0667. The van der Waals surface area contributed by atoms with E-state index in [9.17, 15) is 9.90 Å². The summed E-state index contributed by atoms with van der Waals surface area (Å²) in [5.74, 6) is -0.593. The first-order chi connectivity index (χ1) is 9.99. The molecule has 4 nitrogen and oxygen atoms in total. The first kappa shape index (κ1) is 15.4. The summed E-state index contributed by atoms with van der Waals surface area (Å²) in [4.78, 5) is 11.9. The van der Waals surface area contributed by atoms with Gasteiger partial charge in [0.05, 0.1) is 21.3 Å². The van der Waals surface area contributed by atoms with Gasteiger partial charge in [0, 0.05) is 0 Å². The number of phenols is 1. The number of amides is 1. The third kappa shape index (κ3) is 3.74. The molecule has 0 atom stereocenters. The Morgan fingerprint density at radius 2 is 1.86 bits per heavy atom. The van der Waals surface area contributed by atoms with Crippen molar-refractivity contribution in [3.8, 4) is 5.75 Å². The molecule has 0 saturated carbocycles. The first-order valence-electron chi connectivity index (χ1n) is 6.07. The summed E-state index contributed by atoms with van der Waals surface area (Å²) in [5.41, 5.74) is 3.85. The minimum atomic E-state index is -0.493. The van der Waals surface area contributed by atoms with E-state index < -0.39 is 5.91 Å². The summed E-state index contributed by atoms with van der Waals surface area (Å²) >= 11 is 11.8. The Morgan fingerprint density at radius 3 is 2.52 bits per heavy atom. The van der Waals surface area contributed by atoms with Crippen molar-refractivity contribution in [1.82, 2.24) is 5.43 Å². The largest absolute Gasteiger partial charge is 0.507 e. The summed E-state index contributed by atoms with van der Waals surface area (Å²) in [7, 11) is 0. The molecule has 0 aliphatic heterocycles. The van der Waals surface area contributed by atoms with Crippen molar-refractivity contribution in [3.63, 3.8) is 0 Å². The van der Waals surface area contributed by atoms with Crippen LogP contribution >= 0.6 is 23.2 Å². The van der Waals surface area contributed by atoms with Crippen molar-refractivity contribution < 1.29 is 9.90 Å². The molecular weight excluding hydrogens is 311 g/mol. The Morgan fingerprint density at radius 1 is 1.14 bits per heavy atom. The highest BCUT2D eigenvalue weighted by atomic mass is 35.5. The summed E-state index contributed by atoms with van der Waals surface area (Å²) < 4.78 is 0. The Balaban J connectivity index is 2.15. The number of halogens is 2. The number of para-hydroxylation sites is 1. The first-order valence-corrected chi connectivity index (χ1v) is 6.82. The lowest BCUT2D eigenvalue weighted by Gasteiger charge is -2.05. The normalized spacial score (nSPS) is 11.3. The average Bonchev–Trinajstić information content (AvgIpc) is 2.47. The zero-order valence-corrected chi connectivity index (χ0v) is 12.6. The van der Waals surface area contributed by atoms with Gasteiger partial charge in [-0.1, -0.05) is 41.4 Å². The number of carbonyl (C=O) groups is 1. The maximum absolute atomic E-state index is 11.9. The third-order valence-electron chi connectivity index (χ3n) is 2.81. The molecule has 0 saturated heterocycles. The Kier molecular flexibility index (Phi) is 4.83. The van der Waals surface area contributed by atoms with Gasteiger partial charge in [-0.15, -0.1) is 0 Å². The Labute approximate surface area is 132 Å². The SMILES string of the molecule is C/C(=N\NC(=O)c1ccccc1O)c1ccc(Cl)c(Cl)c1. The molecule has 2 aromatic carbocycles. The van der Waals surface area contributed by atoms with Crippen LogP contribution in [0.3, 0.4) is 0 Å². The second kappa shape index (κ2) is 6.61. The van der Waals surface area contributed by atoms with Crippen LogP contribution in [0.4, 0.5) is 0 Å². The van der Waals surface area contributed by atoms with Gasteiger partial charge >= 0.3 is 0 Å². The Hall–Kier alpha value is -2.04. The van der Waals surface area contributed by atoms with Crippen molar-refractivity contribution >= 4 is 34.8 Å². The number of nitrogens with zero attached hydrogens (tertiary/aromatic N) is 1. The molecule has 21 heavy (non-hydrogen) atoms. The van der Waals surface area contributed by atoms with Crippen LogP contribution in [0.5, 0.6) is 5.75 Å². The van der Waals surface area contributed by atoms with Gasteiger partial charge in [-0.2, -0.15) is 5.10 Å². The molecule has 1 amide bonds. The second-order valence-corrected chi connectivity index (χ2v) is 5.10. The summed E-state index contributed by atoms with van der Waals surface area (Å²) in [6.45, 7) is 1.73. The summed E-state index contributed by atoms with van der Waals surface area (Å²) in [6, 6.07) is 11.3. The van der Waals surface area contributed by atoms with E-state index in [4.69, 9.17) is 23.2 Å². The molecule has 0 aliphatic rings. The maximum Gasteiger partial charge on any atom is 0.275 e. The van der Waals surface area contributed by atoms with E-state index in [1.165, 1.54) is 12.1 Å². The molecule has 0 unspecified atom stereocenters. The van der Waals surface area contributed by atoms with Gasteiger partial charge in [0.2, 0.25) is 0 Å². The lowest BCUT2D eigenvalue weighted by molar-refractivity contribution is 0.0952. The minimum Gasteiger partial charge on any atom is -0.507 e. The Bertz CT molecular complexity index is 715. The number of phenolic OH excluding ortho intramolecular Hbond substituents is 1. The third-order valence-corrected chi connectivity index (χ3v) is 3.55. The van der Waals surface area contributed by atoms with Crippen LogP contribution in [-0.4, -0.2) is 16.7 Å². The molecular formula is C15H12Cl2N2O2. The monoisotopic (exact) mass is 322 g/mol. The highest BCUT2D eigenvalue weighted by Gasteiger charge is 2.09.